The lowest BCUT2D eigenvalue weighted by Crippen LogP contribution is -2.27. The molecule has 0 aliphatic carbocycles. The molecule has 0 aliphatic rings. The molecule has 0 unspecified atom stereocenters. The van der Waals surface area contributed by atoms with Gasteiger partial charge < -0.3 is 10.1 Å². The van der Waals surface area contributed by atoms with Gasteiger partial charge in [0.25, 0.3) is 0 Å². The number of rotatable bonds is 5. The van der Waals surface area contributed by atoms with Gasteiger partial charge in [-0.25, -0.2) is 4.68 Å². The molecule has 1 amide bonds. The lowest BCUT2D eigenvalue weighted by molar-refractivity contribution is -0.118. The van der Waals surface area contributed by atoms with Crippen LogP contribution in [0.1, 0.15) is 30.7 Å². The van der Waals surface area contributed by atoms with Crippen LogP contribution in [0.4, 0.5) is 5.82 Å². The number of nitrogens with zero attached hydrogens (tertiary/aromatic N) is 2. The zero-order chi connectivity index (χ0) is 22.0. The number of amides is 1. The van der Waals surface area contributed by atoms with E-state index in [2.05, 4.69) is 16.5 Å². The van der Waals surface area contributed by atoms with Crippen molar-refractivity contribution in [2.24, 2.45) is 5.92 Å². The van der Waals surface area contributed by atoms with E-state index in [0.29, 0.717) is 28.4 Å². The van der Waals surface area contributed by atoms with E-state index in [1.807, 2.05) is 52.0 Å². The van der Waals surface area contributed by atoms with Gasteiger partial charge in [0.2, 0.25) is 11.3 Å². The molecular formula is C24H27N3O3. The molecule has 1 aromatic heterocycles. The number of carbonyl (C=O) groups is 1. The highest BCUT2D eigenvalue weighted by molar-refractivity contribution is 5.95. The number of hydrogen-bond donors (Lipinski definition) is 1. The topological polar surface area (TPSA) is 73.2 Å². The van der Waals surface area contributed by atoms with Crippen LogP contribution < -0.4 is 15.5 Å². The third-order valence-electron chi connectivity index (χ3n) is 4.85. The Morgan fingerprint density at radius 2 is 1.63 bits per heavy atom. The van der Waals surface area contributed by atoms with E-state index in [1.54, 1.807) is 30.8 Å². The predicted octanol–water partition coefficient (Wildman–Crippen LogP) is 4.43. The molecule has 0 aliphatic heterocycles. The minimum absolute atomic E-state index is 0.187. The Hall–Kier alpha value is -3.41. The smallest absolute Gasteiger partial charge is 0.228 e. The maximum Gasteiger partial charge on any atom is 0.228 e. The number of methoxy groups -OCH3 is 1. The highest BCUT2D eigenvalue weighted by Crippen LogP contribution is 2.29. The number of aryl methyl sites for hydroxylation is 3. The first-order chi connectivity index (χ1) is 14.2. The van der Waals surface area contributed by atoms with Crippen molar-refractivity contribution in [3.8, 4) is 22.6 Å². The average molecular weight is 405 g/mol. The zero-order valence-electron chi connectivity index (χ0n) is 18.2. The minimum Gasteiger partial charge on any atom is -0.497 e. The summed E-state index contributed by atoms with van der Waals surface area (Å²) in [4.78, 5) is 25.8. The molecule has 6 heteroatoms. The Balaban J connectivity index is 2.34. The highest BCUT2D eigenvalue weighted by Gasteiger charge is 2.21. The summed E-state index contributed by atoms with van der Waals surface area (Å²) in [6.07, 6.45) is 0. The van der Waals surface area contributed by atoms with Crippen molar-refractivity contribution in [3.05, 3.63) is 69.5 Å². The van der Waals surface area contributed by atoms with E-state index in [-0.39, 0.29) is 17.3 Å². The van der Waals surface area contributed by atoms with Crippen LogP contribution in [0, 0.1) is 26.7 Å². The van der Waals surface area contributed by atoms with Crippen molar-refractivity contribution in [3.63, 3.8) is 0 Å². The van der Waals surface area contributed by atoms with Crippen LogP contribution in [0.25, 0.3) is 16.8 Å². The number of carbonyl (C=O) groups excluding carboxylic acids is 1. The summed E-state index contributed by atoms with van der Waals surface area (Å²) in [5.41, 5.74) is 4.12. The van der Waals surface area contributed by atoms with Crippen LogP contribution in [-0.2, 0) is 4.79 Å². The molecule has 0 atom stereocenters. The van der Waals surface area contributed by atoms with Gasteiger partial charge in [-0.1, -0.05) is 32.0 Å². The van der Waals surface area contributed by atoms with Crippen molar-refractivity contribution in [1.82, 2.24) is 9.78 Å². The Kier molecular flexibility index (Phi) is 6.06. The normalized spacial score (nSPS) is 10.9. The monoisotopic (exact) mass is 405 g/mol. The van der Waals surface area contributed by atoms with Gasteiger partial charge in [0.05, 0.1) is 18.4 Å². The van der Waals surface area contributed by atoms with Crippen LogP contribution in [0.3, 0.4) is 0 Å². The van der Waals surface area contributed by atoms with E-state index in [1.165, 1.54) is 0 Å². The van der Waals surface area contributed by atoms with Crippen molar-refractivity contribution in [1.29, 1.82) is 0 Å². The summed E-state index contributed by atoms with van der Waals surface area (Å²) in [5.74, 6) is 0.608. The third-order valence-corrected chi connectivity index (χ3v) is 4.85. The van der Waals surface area contributed by atoms with Crippen LogP contribution in [0.15, 0.2) is 47.3 Å². The Morgan fingerprint density at radius 3 is 2.17 bits per heavy atom. The molecule has 1 N–H and O–H groups in total. The summed E-state index contributed by atoms with van der Waals surface area (Å²) in [6.45, 7) is 9.31. The number of aromatic nitrogens is 2. The standard InChI is InChI=1S/C24H27N3O3/c1-14(2)24(29)25-23-21(18-7-9-20(30-6)10-8-18)22(28)17(5)26-27(23)19-12-15(3)11-16(4)13-19/h7-14H,1-6H3,(H,25,29). The third kappa shape index (κ3) is 4.27. The second-order valence-corrected chi connectivity index (χ2v) is 7.77. The maximum absolute atomic E-state index is 13.2. The fourth-order valence-corrected chi connectivity index (χ4v) is 3.30. The summed E-state index contributed by atoms with van der Waals surface area (Å²) in [7, 11) is 1.59. The van der Waals surface area contributed by atoms with Crippen LogP contribution in [0.5, 0.6) is 5.75 Å². The fourth-order valence-electron chi connectivity index (χ4n) is 3.30. The first-order valence-electron chi connectivity index (χ1n) is 9.89. The summed E-state index contributed by atoms with van der Waals surface area (Å²) in [6, 6.07) is 13.2. The molecule has 0 radical (unpaired) electrons. The number of benzene rings is 2. The molecule has 1 heterocycles. The lowest BCUT2D eigenvalue weighted by atomic mass is 10.0. The largest absolute Gasteiger partial charge is 0.497 e. The average Bonchev–Trinajstić information content (AvgIpc) is 2.70. The Labute approximate surface area is 176 Å². The lowest BCUT2D eigenvalue weighted by Gasteiger charge is -2.20. The van der Waals surface area contributed by atoms with Gasteiger partial charge in [-0.3, -0.25) is 9.59 Å². The van der Waals surface area contributed by atoms with Crippen molar-refractivity contribution < 1.29 is 9.53 Å². The fraction of sp³-hybridized carbons (Fsp3) is 0.292. The van der Waals surface area contributed by atoms with Crippen LogP contribution >= 0.6 is 0 Å². The summed E-state index contributed by atoms with van der Waals surface area (Å²) >= 11 is 0. The van der Waals surface area contributed by atoms with Gasteiger partial charge in [0.15, 0.2) is 0 Å². The molecule has 156 valence electrons. The van der Waals surface area contributed by atoms with Gasteiger partial charge in [-0.05, 0) is 61.7 Å². The maximum atomic E-state index is 13.2. The highest BCUT2D eigenvalue weighted by atomic mass is 16.5. The number of anilines is 1. The number of hydrogen-bond acceptors (Lipinski definition) is 4. The van der Waals surface area contributed by atoms with Gasteiger partial charge >= 0.3 is 0 Å². The second kappa shape index (κ2) is 8.53. The van der Waals surface area contributed by atoms with E-state index in [0.717, 1.165) is 16.8 Å². The SMILES string of the molecule is COc1ccc(-c2c(NC(=O)C(C)C)n(-c3cc(C)cc(C)c3)nc(C)c2=O)cc1. The first-order valence-corrected chi connectivity index (χ1v) is 9.89. The molecule has 3 aromatic rings. The first kappa shape index (κ1) is 21.3. The minimum atomic E-state index is -0.252. The Bertz CT molecular complexity index is 1130. The molecule has 0 bridgehead atoms. The molecule has 0 fully saturated rings. The van der Waals surface area contributed by atoms with E-state index >= 15 is 0 Å². The van der Waals surface area contributed by atoms with Gasteiger partial charge in [0, 0.05) is 5.92 Å². The summed E-state index contributed by atoms with van der Waals surface area (Å²) in [5, 5.41) is 7.46. The molecule has 0 saturated heterocycles. The van der Waals surface area contributed by atoms with E-state index < -0.39 is 0 Å². The quantitative estimate of drug-likeness (QED) is 0.682. The van der Waals surface area contributed by atoms with E-state index in [9.17, 15) is 9.59 Å². The number of nitrogens with one attached hydrogen (secondary N) is 1. The molecule has 0 spiro atoms. The van der Waals surface area contributed by atoms with Gasteiger partial charge in [-0.15, -0.1) is 0 Å². The van der Waals surface area contributed by atoms with Gasteiger partial charge in [0.1, 0.15) is 17.3 Å². The summed E-state index contributed by atoms with van der Waals surface area (Å²) < 4.78 is 6.89. The van der Waals surface area contributed by atoms with Crippen LogP contribution in [0.2, 0.25) is 0 Å². The molecule has 2 aromatic carbocycles. The molecule has 6 nitrogen and oxygen atoms in total. The van der Waals surface area contributed by atoms with Crippen LogP contribution in [-0.4, -0.2) is 22.8 Å². The van der Waals surface area contributed by atoms with Gasteiger partial charge in [-0.2, -0.15) is 5.10 Å². The zero-order valence-corrected chi connectivity index (χ0v) is 18.2. The van der Waals surface area contributed by atoms with Crippen molar-refractivity contribution >= 4 is 11.7 Å². The molecule has 0 saturated carbocycles. The van der Waals surface area contributed by atoms with Crippen molar-refractivity contribution in [2.75, 3.05) is 12.4 Å². The second-order valence-electron chi connectivity index (χ2n) is 7.77. The molecule has 3 rings (SSSR count). The van der Waals surface area contributed by atoms with E-state index in [4.69, 9.17) is 4.74 Å². The number of ether oxygens (including phenoxy) is 1. The molecular weight excluding hydrogens is 378 g/mol. The molecule has 30 heavy (non-hydrogen) atoms. The van der Waals surface area contributed by atoms with Crippen molar-refractivity contribution in [2.45, 2.75) is 34.6 Å². The Morgan fingerprint density at radius 1 is 1.03 bits per heavy atom. The predicted molar refractivity (Wildman–Crippen MR) is 120 cm³/mol.